The average Bonchev–Trinajstić information content (AvgIpc) is 2.57. The van der Waals surface area contributed by atoms with Crippen molar-refractivity contribution >= 4 is 39.0 Å². The topological polar surface area (TPSA) is 20.3 Å². The summed E-state index contributed by atoms with van der Waals surface area (Å²) in [7, 11) is 0. The van der Waals surface area contributed by atoms with Gasteiger partial charge in [0.25, 0.3) is 0 Å². The van der Waals surface area contributed by atoms with Gasteiger partial charge in [-0.05, 0) is 37.0 Å². The number of thioether (sulfide) groups is 1. The highest BCUT2D eigenvalue weighted by Crippen LogP contribution is 2.44. The van der Waals surface area contributed by atoms with Crippen molar-refractivity contribution in [1.82, 2.24) is 4.90 Å². The van der Waals surface area contributed by atoms with E-state index >= 15 is 0 Å². The zero-order chi connectivity index (χ0) is 19.4. The van der Waals surface area contributed by atoms with E-state index in [9.17, 15) is 26.7 Å². The Balaban J connectivity index is 2.23. The van der Waals surface area contributed by atoms with Gasteiger partial charge in [-0.1, -0.05) is 39.8 Å². The van der Waals surface area contributed by atoms with Crippen LogP contribution in [0.15, 0.2) is 34.9 Å². The van der Waals surface area contributed by atoms with Crippen molar-refractivity contribution in [3.8, 4) is 0 Å². The Labute approximate surface area is 160 Å². The van der Waals surface area contributed by atoms with Crippen LogP contribution < -0.4 is 0 Å². The molecule has 9 heteroatoms. The number of alkyl halides is 5. The monoisotopic (exact) mass is 457 g/mol. The lowest BCUT2D eigenvalue weighted by molar-refractivity contribution is -0.237. The molecule has 1 saturated heterocycles. The number of carbonyl (C=O) groups excluding carboxylic acids is 1. The van der Waals surface area contributed by atoms with E-state index < -0.39 is 34.7 Å². The minimum atomic E-state index is -5.69. The van der Waals surface area contributed by atoms with Crippen molar-refractivity contribution < 1.29 is 26.7 Å². The summed E-state index contributed by atoms with van der Waals surface area (Å²) >= 11 is 2.58. The maximum atomic E-state index is 13.1. The van der Waals surface area contributed by atoms with Gasteiger partial charge in [0.1, 0.15) is 0 Å². The summed E-state index contributed by atoms with van der Waals surface area (Å²) in [6, 6.07) is 6.68. The molecule has 0 amide bonds. The zero-order valence-electron chi connectivity index (χ0n) is 13.7. The molecule has 2 nitrogen and oxygen atoms in total. The van der Waals surface area contributed by atoms with Crippen LogP contribution in [0.2, 0.25) is 0 Å². The van der Waals surface area contributed by atoms with E-state index in [-0.39, 0.29) is 5.57 Å². The van der Waals surface area contributed by atoms with Crippen molar-refractivity contribution in [3.05, 3.63) is 40.5 Å². The standard InChI is InChI=1S/C17H17BrF5NOS/c18-13-6-4-5-12(9-13)14(10-24-7-2-1-3-8-24)15(25)11-26-17(22,23)16(19,20)21/h4-6,9-10H,1-3,7-8,11H2. The quantitative estimate of drug-likeness (QED) is 0.401. The van der Waals surface area contributed by atoms with Crippen molar-refractivity contribution in [2.45, 2.75) is 30.7 Å². The van der Waals surface area contributed by atoms with Crippen molar-refractivity contribution in [2.24, 2.45) is 0 Å². The third-order valence-corrected chi connectivity index (χ3v) is 5.35. The highest BCUT2D eigenvalue weighted by Gasteiger charge is 2.58. The van der Waals surface area contributed by atoms with E-state index in [0.29, 0.717) is 10.0 Å². The second kappa shape index (κ2) is 8.73. The fraction of sp³-hybridized carbons (Fsp3) is 0.471. The number of allylic oxidation sites excluding steroid dienone is 1. The van der Waals surface area contributed by atoms with Gasteiger partial charge in [-0.15, -0.1) is 0 Å². The molecule has 1 aromatic rings. The van der Waals surface area contributed by atoms with Gasteiger partial charge in [0.05, 0.1) is 5.75 Å². The van der Waals surface area contributed by atoms with E-state index in [1.165, 1.54) is 0 Å². The van der Waals surface area contributed by atoms with Crippen LogP contribution in [0.25, 0.3) is 5.57 Å². The van der Waals surface area contributed by atoms with Crippen LogP contribution >= 0.6 is 27.7 Å². The van der Waals surface area contributed by atoms with Gasteiger partial charge in [-0.25, -0.2) is 0 Å². The molecule has 0 aromatic heterocycles. The van der Waals surface area contributed by atoms with Crippen LogP contribution in [-0.2, 0) is 4.79 Å². The van der Waals surface area contributed by atoms with Crippen LogP contribution in [0, 0.1) is 0 Å². The first-order valence-corrected chi connectivity index (χ1v) is 9.71. The molecule has 0 unspecified atom stereocenters. The molecule has 0 aliphatic carbocycles. The van der Waals surface area contributed by atoms with E-state index in [2.05, 4.69) is 15.9 Å². The molecule has 0 bridgehead atoms. The predicted octanol–water partition coefficient (Wildman–Crippen LogP) is 5.73. The molecular weight excluding hydrogens is 441 g/mol. The second-order valence-corrected chi connectivity index (χ2v) is 7.88. The molecule has 0 saturated carbocycles. The summed E-state index contributed by atoms with van der Waals surface area (Å²) in [5.74, 6) is -1.72. The maximum absolute atomic E-state index is 13.1. The minimum Gasteiger partial charge on any atom is -0.377 e. The number of hydrogen-bond acceptors (Lipinski definition) is 3. The van der Waals surface area contributed by atoms with E-state index in [1.807, 2.05) is 4.90 Å². The molecule has 1 aliphatic heterocycles. The number of hydrogen-bond donors (Lipinski definition) is 0. The maximum Gasteiger partial charge on any atom is 0.464 e. The summed E-state index contributed by atoms with van der Waals surface area (Å²) in [5.41, 5.74) is 0.615. The summed E-state index contributed by atoms with van der Waals surface area (Å²) in [6.07, 6.45) is -1.16. The lowest BCUT2D eigenvalue weighted by Crippen LogP contribution is -2.34. The van der Waals surface area contributed by atoms with Gasteiger partial charge in [-0.3, -0.25) is 4.79 Å². The fourth-order valence-electron chi connectivity index (χ4n) is 2.51. The van der Waals surface area contributed by atoms with Crippen molar-refractivity contribution in [3.63, 3.8) is 0 Å². The minimum absolute atomic E-state index is 0.138. The number of ketones is 1. The van der Waals surface area contributed by atoms with Gasteiger partial charge < -0.3 is 4.90 Å². The first-order chi connectivity index (χ1) is 12.1. The molecule has 2 rings (SSSR count). The third-order valence-electron chi connectivity index (χ3n) is 3.85. The number of nitrogens with zero attached hydrogens (tertiary/aromatic N) is 1. The molecule has 0 spiro atoms. The largest absolute Gasteiger partial charge is 0.464 e. The number of Topliss-reactive ketones (excluding diaryl/α,β-unsaturated/α-hetero) is 1. The molecule has 0 radical (unpaired) electrons. The Hall–Kier alpha value is -1.09. The zero-order valence-corrected chi connectivity index (χ0v) is 16.1. The highest BCUT2D eigenvalue weighted by molar-refractivity contribution is 9.10. The first kappa shape index (κ1) is 21.2. The van der Waals surface area contributed by atoms with Crippen LogP contribution in [-0.4, -0.2) is 41.0 Å². The number of halogens is 6. The number of benzene rings is 1. The van der Waals surface area contributed by atoms with Crippen LogP contribution in [0.3, 0.4) is 0 Å². The predicted molar refractivity (Wildman–Crippen MR) is 96.0 cm³/mol. The smallest absolute Gasteiger partial charge is 0.377 e. The van der Waals surface area contributed by atoms with E-state index in [0.717, 1.165) is 32.4 Å². The summed E-state index contributed by atoms with van der Waals surface area (Å²) in [4.78, 5) is 14.4. The highest BCUT2D eigenvalue weighted by atomic mass is 79.9. The Kier molecular flexibility index (Phi) is 7.12. The van der Waals surface area contributed by atoms with Crippen molar-refractivity contribution in [2.75, 3.05) is 18.8 Å². The SMILES string of the molecule is O=C(CSC(F)(F)C(F)(F)F)C(=CN1CCCCC1)c1cccc(Br)c1. The first-order valence-electron chi connectivity index (χ1n) is 7.94. The average molecular weight is 458 g/mol. The van der Waals surface area contributed by atoms with Gasteiger partial charge in [0, 0.05) is 29.3 Å². The van der Waals surface area contributed by atoms with Crippen LogP contribution in [0.5, 0.6) is 0 Å². The summed E-state index contributed by atoms with van der Waals surface area (Å²) in [5, 5.41) is -4.96. The normalized spacial score (nSPS) is 16.7. The molecule has 1 heterocycles. The number of carbonyl (C=O) groups is 1. The van der Waals surface area contributed by atoms with Gasteiger partial charge >= 0.3 is 11.4 Å². The van der Waals surface area contributed by atoms with Crippen LogP contribution in [0.4, 0.5) is 22.0 Å². The molecule has 1 aromatic carbocycles. The van der Waals surface area contributed by atoms with Gasteiger partial charge in [-0.2, -0.15) is 22.0 Å². The Bertz CT molecular complexity index is 671. The molecule has 0 N–H and O–H groups in total. The van der Waals surface area contributed by atoms with Gasteiger partial charge in [0.15, 0.2) is 5.78 Å². The number of rotatable bonds is 6. The molecule has 26 heavy (non-hydrogen) atoms. The number of likely N-dealkylation sites (tertiary alicyclic amines) is 1. The Morgan fingerprint density at radius 2 is 1.81 bits per heavy atom. The van der Waals surface area contributed by atoms with Gasteiger partial charge in [0.2, 0.25) is 0 Å². The van der Waals surface area contributed by atoms with E-state index in [1.54, 1.807) is 30.5 Å². The lowest BCUT2D eigenvalue weighted by atomic mass is 10.0. The summed E-state index contributed by atoms with van der Waals surface area (Å²) in [6.45, 7) is 1.44. The van der Waals surface area contributed by atoms with E-state index in [4.69, 9.17) is 0 Å². The third kappa shape index (κ3) is 5.70. The second-order valence-electron chi connectivity index (χ2n) is 5.88. The van der Waals surface area contributed by atoms with Crippen LogP contribution in [0.1, 0.15) is 24.8 Å². The molecule has 144 valence electrons. The molecule has 1 fully saturated rings. The molecular formula is C17H17BrF5NOS. The molecule has 1 aliphatic rings. The fourth-order valence-corrected chi connectivity index (χ4v) is 3.54. The molecule has 0 atom stereocenters. The van der Waals surface area contributed by atoms with Crippen molar-refractivity contribution in [1.29, 1.82) is 0 Å². The Morgan fingerprint density at radius 3 is 2.38 bits per heavy atom. The number of piperidine rings is 1. The summed E-state index contributed by atoms with van der Waals surface area (Å²) < 4.78 is 63.9. The Morgan fingerprint density at radius 1 is 1.15 bits per heavy atom. The lowest BCUT2D eigenvalue weighted by Gasteiger charge is -2.26.